The molecule has 1 saturated carbocycles. The summed E-state index contributed by atoms with van der Waals surface area (Å²) in [4.78, 5) is 2.69. The van der Waals surface area contributed by atoms with Crippen LogP contribution in [0.25, 0.3) is 0 Å². The van der Waals surface area contributed by atoms with Gasteiger partial charge >= 0.3 is 0 Å². The zero-order valence-electron chi connectivity index (χ0n) is 13.3. The number of methoxy groups -OCH3 is 1. The van der Waals surface area contributed by atoms with Gasteiger partial charge in [0.05, 0.1) is 7.11 Å². The Bertz CT molecular complexity index is 458. The summed E-state index contributed by atoms with van der Waals surface area (Å²) in [5.41, 5.74) is 1.37. The minimum absolute atomic E-state index is 0.677. The summed E-state index contributed by atoms with van der Waals surface area (Å²) in [6, 6.07) is 9.91. The fraction of sp³-hybridized carbons (Fsp3) is 0.667. The Labute approximate surface area is 128 Å². The van der Waals surface area contributed by atoms with E-state index in [0.29, 0.717) is 12.1 Å². The molecule has 3 nitrogen and oxygen atoms in total. The van der Waals surface area contributed by atoms with Crippen molar-refractivity contribution in [2.75, 3.05) is 20.2 Å². The van der Waals surface area contributed by atoms with Gasteiger partial charge in [-0.05, 0) is 42.9 Å². The molecule has 116 valence electrons. The van der Waals surface area contributed by atoms with Gasteiger partial charge in [0.2, 0.25) is 0 Å². The van der Waals surface area contributed by atoms with Crippen molar-refractivity contribution in [1.29, 1.82) is 0 Å². The van der Waals surface area contributed by atoms with Gasteiger partial charge in [0, 0.05) is 31.7 Å². The zero-order valence-corrected chi connectivity index (χ0v) is 13.3. The molecule has 1 aliphatic carbocycles. The molecule has 1 aromatic rings. The van der Waals surface area contributed by atoms with Crippen LogP contribution in [0.3, 0.4) is 0 Å². The van der Waals surface area contributed by atoms with Crippen molar-refractivity contribution in [3.05, 3.63) is 29.8 Å². The molecule has 1 heterocycles. The third-order valence-corrected chi connectivity index (χ3v) is 4.90. The summed E-state index contributed by atoms with van der Waals surface area (Å²) in [7, 11) is 1.74. The highest BCUT2D eigenvalue weighted by Gasteiger charge is 2.36. The van der Waals surface area contributed by atoms with Gasteiger partial charge in [-0.1, -0.05) is 25.5 Å². The molecule has 1 aromatic carbocycles. The number of piperazine rings is 1. The van der Waals surface area contributed by atoms with E-state index >= 15 is 0 Å². The molecule has 1 aliphatic heterocycles. The van der Waals surface area contributed by atoms with Crippen LogP contribution in [0.5, 0.6) is 5.75 Å². The first-order valence-electron chi connectivity index (χ1n) is 8.40. The fourth-order valence-electron chi connectivity index (χ4n) is 3.51. The Morgan fingerprint density at radius 3 is 2.90 bits per heavy atom. The lowest BCUT2D eigenvalue weighted by Crippen LogP contribution is -2.56. The second kappa shape index (κ2) is 6.80. The quantitative estimate of drug-likeness (QED) is 0.871. The van der Waals surface area contributed by atoms with Crippen LogP contribution >= 0.6 is 0 Å². The predicted molar refractivity (Wildman–Crippen MR) is 86.6 cm³/mol. The maximum Gasteiger partial charge on any atom is 0.119 e. The van der Waals surface area contributed by atoms with Crippen LogP contribution in [-0.4, -0.2) is 37.2 Å². The Balaban J connectivity index is 1.68. The molecule has 0 aromatic heterocycles. The number of hydrogen-bond acceptors (Lipinski definition) is 3. The van der Waals surface area contributed by atoms with E-state index in [4.69, 9.17) is 4.74 Å². The molecule has 0 bridgehead atoms. The highest BCUT2D eigenvalue weighted by Crippen LogP contribution is 2.35. The van der Waals surface area contributed by atoms with Crippen LogP contribution in [0.1, 0.15) is 38.2 Å². The molecular weight excluding hydrogens is 260 g/mol. The monoisotopic (exact) mass is 288 g/mol. The molecule has 0 amide bonds. The van der Waals surface area contributed by atoms with Gasteiger partial charge in [0.1, 0.15) is 5.75 Å². The summed E-state index contributed by atoms with van der Waals surface area (Å²) >= 11 is 0. The number of ether oxygens (including phenoxy) is 1. The molecule has 3 heteroatoms. The Kier molecular flexibility index (Phi) is 4.81. The maximum absolute atomic E-state index is 5.36. The van der Waals surface area contributed by atoms with Crippen molar-refractivity contribution < 1.29 is 4.74 Å². The average Bonchev–Trinajstić information content (AvgIpc) is 3.34. The van der Waals surface area contributed by atoms with Crippen LogP contribution in [0, 0.1) is 5.92 Å². The first-order chi connectivity index (χ1) is 10.3. The van der Waals surface area contributed by atoms with Gasteiger partial charge in [-0.25, -0.2) is 0 Å². The molecule has 2 atom stereocenters. The molecule has 0 spiro atoms. The smallest absolute Gasteiger partial charge is 0.119 e. The average molecular weight is 288 g/mol. The van der Waals surface area contributed by atoms with E-state index in [1.165, 1.54) is 37.8 Å². The van der Waals surface area contributed by atoms with E-state index < -0.39 is 0 Å². The van der Waals surface area contributed by atoms with E-state index in [-0.39, 0.29) is 0 Å². The largest absolute Gasteiger partial charge is 0.497 e. The molecule has 2 aliphatic rings. The van der Waals surface area contributed by atoms with Gasteiger partial charge in [0.15, 0.2) is 0 Å². The number of benzene rings is 1. The van der Waals surface area contributed by atoms with E-state index in [2.05, 4.69) is 35.3 Å². The minimum atomic E-state index is 0.677. The molecule has 1 saturated heterocycles. The lowest BCUT2D eigenvalue weighted by molar-refractivity contribution is 0.108. The summed E-state index contributed by atoms with van der Waals surface area (Å²) in [6.45, 7) is 5.69. The summed E-state index contributed by atoms with van der Waals surface area (Å²) in [5.74, 6) is 1.90. The number of nitrogens with one attached hydrogen (secondary N) is 1. The van der Waals surface area contributed by atoms with Gasteiger partial charge in [-0.15, -0.1) is 0 Å². The lowest BCUT2D eigenvalue weighted by Gasteiger charge is -2.41. The predicted octanol–water partition coefficient (Wildman–Crippen LogP) is 3.05. The molecule has 2 fully saturated rings. The van der Waals surface area contributed by atoms with Crippen LogP contribution < -0.4 is 10.1 Å². The molecule has 3 rings (SSSR count). The molecule has 2 unspecified atom stereocenters. The second-order valence-corrected chi connectivity index (χ2v) is 6.58. The topological polar surface area (TPSA) is 24.5 Å². The number of hydrogen-bond donors (Lipinski definition) is 1. The number of nitrogens with zero attached hydrogens (tertiary/aromatic N) is 1. The van der Waals surface area contributed by atoms with Crippen LogP contribution in [0.15, 0.2) is 24.3 Å². The van der Waals surface area contributed by atoms with E-state index in [9.17, 15) is 0 Å². The summed E-state index contributed by atoms with van der Waals surface area (Å²) in [5, 5.41) is 3.79. The Hall–Kier alpha value is -1.06. The SMILES string of the molecule is CCCC1CNC(C2CC2)CN1Cc1cccc(OC)c1. The molecule has 0 radical (unpaired) electrons. The number of rotatable bonds is 6. The fourth-order valence-corrected chi connectivity index (χ4v) is 3.51. The third-order valence-electron chi connectivity index (χ3n) is 4.90. The van der Waals surface area contributed by atoms with E-state index in [0.717, 1.165) is 24.8 Å². The van der Waals surface area contributed by atoms with Crippen molar-refractivity contribution in [1.82, 2.24) is 10.2 Å². The highest BCUT2D eigenvalue weighted by atomic mass is 16.5. The van der Waals surface area contributed by atoms with Crippen molar-refractivity contribution in [3.63, 3.8) is 0 Å². The van der Waals surface area contributed by atoms with Crippen LogP contribution in [0.4, 0.5) is 0 Å². The zero-order chi connectivity index (χ0) is 14.7. The normalized spacial score (nSPS) is 26.8. The first kappa shape index (κ1) is 14.9. The Morgan fingerprint density at radius 2 is 2.19 bits per heavy atom. The summed E-state index contributed by atoms with van der Waals surface area (Å²) in [6.07, 6.45) is 5.38. The lowest BCUT2D eigenvalue weighted by atomic mass is 10.0. The third kappa shape index (κ3) is 3.78. The Morgan fingerprint density at radius 1 is 1.33 bits per heavy atom. The highest BCUT2D eigenvalue weighted by molar-refractivity contribution is 5.28. The second-order valence-electron chi connectivity index (χ2n) is 6.58. The molecular formula is C18H28N2O. The van der Waals surface area contributed by atoms with Gasteiger partial charge in [-0.2, -0.15) is 0 Å². The van der Waals surface area contributed by atoms with E-state index in [1.54, 1.807) is 7.11 Å². The van der Waals surface area contributed by atoms with E-state index in [1.807, 2.05) is 6.07 Å². The van der Waals surface area contributed by atoms with Crippen molar-refractivity contribution in [2.24, 2.45) is 5.92 Å². The van der Waals surface area contributed by atoms with Gasteiger partial charge < -0.3 is 10.1 Å². The van der Waals surface area contributed by atoms with Crippen LogP contribution in [-0.2, 0) is 6.54 Å². The molecule has 1 N–H and O–H groups in total. The standard InChI is InChI=1S/C18H28N2O/c1-3-5-16-11-19-18(15-8-9-15)13-20(16)12-14-6-4-7-17(10-14)21-2/h4,6-7,10,15-16,18-19H,3,5,8-9,11-13H2,1-2H3. The summed E-state index contributed by atoms with van der Waals surface area (Å²) < 4.78 is 5.36. The first-order valence-corrected chi connectivity index (χ1v) is 8.40. The maximum atomic E-state index is 5.36. The molecule has 21 heavy (non-hydrogen) atoms. The van der Waals surface area contributed by atoms with Gasteiger partial charge in [0.25, 0.3) is 0 Å². The van der Waals surface area contributed by atoms with Crippen LogP contribution in [0.2, 0.25) is 0 Å². The van der Waals surface area contributed by atoms with Crippen molar-refractivity contribution in [2.45, 2.75) is 51.2 Å². The van der Waals surface area contributed by atoms with Crippen molar-refractivity contribution >= 4 is 0 Å². The van der Waals surface area contributed by atoms with Crippen molar-refractivity contribution in [3.8, 4) is 5.75 Å². The van der Waals surface area contributed by atoms with Gasteiger partial charge in [-0.3, -0.25) is 4.90 Å². The minimum Gasteiger partial charge on any atom is -0.497 e.